The number of halogens is 3. The molecule has 4 aliphatic rings. The van der Waals surface area contributed by atoms with E-state index in [1.54, 1.807) is 0 Å². The number of alkyl halides is 3. The molecule has 0 aromatic carbocycles. The molecule has 10 heteroatoms. The molecule has 1 N–H and O–H groups in total. The molecule has 30 heavy (non-hydrogen) atoms. The van der Waals surface area contributed by atoms with Crippen molar-refractivity contribution in [2.24, 2.45) is 22.7 Å². The molecule has 0 aromatic heterocycles. The molecule has 6 nitrogen and oxygen atoms in total. The van der Waals surface area contributed by atoms with E-state index in [0.717, 1.165) is 25.7 Å². The maximum atomic E-state index is 13.3. The smallest absolute Gasteiger partial charge is 0.426 e. The van der Waals surface area contributed by atoms with Crippen LogP contribution in [0, 0.1) is 22.7 Å². The first kappa shape index (κ1) is 23.8. The predicted molar refractivity (Wildman–Crippen MR) is 102 cm³/mol. The summed E-state index contributed by atoms with van der Waals surface area (Å²) in [4.78, 5) is 13.0. The second kappa shape index (κ2) is 7.62. The molecule has 0 heterocycles. The van der Waals surface area contributed by atoms with Crippen LogP contribution < -0.4 is 0 Å². The Hall–Kier alpha value is -0.870. The highest BCUT2D eigenvalue weighted by molar-refractivity contribution is 7.85. The van der Waals surface area contributed by atoms with Gasteiger partial charge in [0.05, 0.1) is 17.6 Å². The fourth-order valence-electron chi connectivity index (χ4n) is 5.68. The second-order valence-corrected chi connectivity index (χ2v) is 11.9. The zero-order valence-corrected chi connectivity index (χ0v) is 18.4. The summed E-state index contributed by atoms with van der Waals surface area (Å²) in [6, 6.07) is 0. The van der Waals surface area contributed by atoms with Crippen molar-refractivity contribution < 1.29 is 40.4 Å². The number of carbonyl (C=O) groups excluding carboxylic acids is 1. The summed E-state index contributed by atoms with van der Waals surface area (Å²) < 4.78 is 81.8. The Kier molecular flexibility index (Phi) is 6.04. The first-order valence-corrected chi connectivity index (χ1v) is 12.0. The Morgan fingerprint density at radius 1 is 1.17 bits per heavy atom. The number of hydrogen-bond donors (Lipinski definition) is 1. The maximum absolute atomic E-state index is 13.3. The fraction of sp³-hybridized carbons (Fsp3) is 0.950. The van der Waals surface area contributed by atoms with Gasteiger partial charge in [-0.25, -0.2) is 0 Å². The lowest BCUT2D eigenvalue weighted by Gasteiger charge is -2.60. The Balaban J connectivity index is 1.80. The zero-order valence-electron chi connectivity index (χ0n) is 17.6. The van der Waals surface area contributed by atoms with E-state index >= 15 is 0 Å². The van der Waals surface area contributed by atoms with Crippen molar-refractivity contribution in [1.29, 1.82) is 0 Å². The topological polar surface area (TPSA) is 89.9 Å². The van der Waals surface area contributed by atoms with Gasteiger partial charge in [-0.2, -0.15) is 21.6 Å². The normalized spacial score (nSPS) is 34.8. The Bertz CT molecular complexity index is 762. The van der Waals surface area contributed by atoms with E-state index < -0.39 is 45.1 Å². The van der Waals surface area contributed by atoms with Gasteiger partial charge in [-0.3, -0.25) is 9.35 Å². The van der Waals surface area contributed by atoms with Gasteiger partial charge in [0.1, 0.15) is 5.75 Å². The summed E-state index contributed by atoms with van der Waals surface area (Å²) >= 11 is 0. The third kappa shape index (κ3) is 5.12. The van der Waals surface area contributed by atoms with Crippen LogP contribution in [-0.4, -0.2) is 49.2 Å². The van der Waals surface area contributed by atoms with Crippen LogP contribution in [-0.2, 0) is 24.4 Å². The average molecular weight is 457 g/mol. The summed E-state index contributed by atoms with van der Waals surface area (Å²) in [7, 11) is -4.97. The highest BCUT2D eigenvalue weighted by Crippen LogP contribution is 2.63. The van der Waals surface area contributed by atoms with Gasteiger partial charge in [-0.05, 0) is 62.2 Å². The van der Waals surface area contributed by atoms with Crippen LogP contribution in [0.1, 0.15) is 65.7 Å². The first-order valence-electron chi connectivity index (χ1n) is 10.4. The van der Waals surface area contributed by atoms with Crippen LogP contribution in [0.25, 0.3) is 0 Å². The molecule has 4 bridgehead atoms. The van der Waals surface area contributed by atoms with Crippen LogP contribution in [0.15, 0.2) is 0 Å². The molecule has 3 unspecified atom stereocenters. The minimum Gasteiger partial charge on any atom is -0.451 e. The molecular formula is C20H31F3O6S. The SMILES string of the molecule is CCC(C)(C)COC12CC3CC(C1)CC(C(=O)OC(CS(=O)(=O)O)C(F)(F)F)(C3)C2. The molecule has 0 saturated heterocycles. The lowest BCUT2D eigenvalue weighted by Crippen LogP contribution is -2.60. The van der Waals surface area contributed by atoms with E-state index in [2.05, 4.69) is 20.8 Å². The number of esters is 1. The molecule has 174 valence electrons. The van der Waals surface area contributed by atoms with Gasteiger partial charge in [-0.1, -0.05) is 20.8 Å². The summed E-state index contributed by atoms with van der Waals surface area (Å²) in [6.07, 6.45) is -3.42. The van der Waals surface area contributed by atoms with Gasteiger partial charge in [0.2, 0.25) is 6.10 Å². The van der Waals surface area contributed by atoms with Crippen LogP contribution in [0.5, 0.6) is 0 Å². The summed E-state index contributed by atoms with van der Waals surface area (Å²) in [5.74, 6) is -2.37. The Morgan fingerprint density at radius 3 is 2.20 bits per heavy atom. The van der Waals surface area contributed by atoms with Crippen molar-refractivity contribution in [3.63, 3.8) is 0 Å². The van der Waals surface area contributed by atoms with Crippen molar-refractivity contribution in [1.82, 2.24) is 0 Å². The largest absolute Gasteiger partial charge is 0.451 e. The van der Waals surface area contributed by atoms with E-state index in [4.69, 9.17) is 14.0 Å². The third-order valence-corrected chi connectivity index (χ3v) is 7.87. The standard InChI is InChI=1S/C20H31F3O6S/c1-4-17(2,3)12-28-19-8-13-5-14(9-19)7-18(6-13,11-19)16(24)29-15(20(21,22)23)10-30(25,26)27/h13-15H,4-12H2,1-3H3,(H,25,26,27). The van der Waals surface area contributed by atoms with E-state index in [1.165, 1.54) is 0 Å². The molecule has 0 aliphatic heterocycles. The highest BCUT2D eigenvalue weighted by Gasteiger charge is 2.63. The Morgan fingerprint density at radius 2 is 1.73 bits per heavy atom. The molecule has 0 spiro atoms. The first-order chi connectivity index (χ1) is 13.6. The third-order valence-electron chi connectivity index (χ3n) is 7.14. The average Bonchev–Trinajstić information content (AvgIpc) is 2.56. The van der Waals surface area contributed by atoms with E-state index in [9.17, 15) is 26.4 Å². The number of carbonyl (C=O) groups is 1. The second-order valence-electron chi connectivity index (χ2n) is 10.4. The van der Waals surface area contributed by atoms with E-state index in [1.807, 2.05) is 0 Å². The molecule has 0 radical (unpaired) electrons. The van der Waals surface area contributed by atoms with Gasteiger partial charge < -0.3 is 9.47 Å². The summed E-state index contributed by atoms with van der Waals surface area (Å²) in [5.41, 5.74) is -1.69. The highest BCUT2D eigenvalue weighted by atomic mass is 32.2. The van der Waals surface area contributed by atoms with Crippen LogP contribution in [0.4, 0.5) is 13.2 Å². The van der Waals surface area contributed by atoms with Gasteiger partial charge in [-0.15, -0.1) is 0 Å². The number of ether oxygens (including phenoxy) is 2. The van der Waals surface area contributed by atoms with Gasteiger partial charge in [0.25, 0.3) is 10.1 Å². The van der Waals surface area contributed by atoms with Crippen LogP contribution in [0.3, 0.4) is 0 Å². The van der Waals surface area contributed by atoms with E-state index in [-0.39, 0.29) is 17.3 Å². The number of hydrogen-bond acceptors (Lipinski definition) is 5. The van der Waals surface area contributed by atoms with Crippen LogP contribution >= 0.6 is 0 Å². The lowest BCUT2D eigenvalue weighted by molar-refractivity contribution is -0.240. The quantitative estimate of drug-likeness (QED) is 0.436. The van der Waals surface area contributed by atoms with Gasteiger partial charge >= 0.3 is 12.1 Å². The molecule has 4 fully saturated rings. The molecule has 0 amide bonds. The predicted octanol–water partition coefficient (Wildman–Crippen LogP) is 4.14. The number of rotatable bonds is 8. The zero-order chi connectivity index (χ0) is 22.6. The molecule has 4 aliphatic carbocycles. The van der Waals surface area contributed by atoms with Gasteiger partial charge in [0.15, 0.2) is 0 Å². The molecule has 3 atom stereocenters. The van der Waals surface area contributed by atoms with Crippen molar-refractivity contribution in [2.45, 2.75) is 83.6 Å². The fourth-order valence-corrected chi connectivity index (χ4v) is 6.32. The van der Waals surface area contributed by atoms with Crippen molar-refractivity contribution >= 4 is 16.1 Å². The minimum absolute atomic E-state index is 0.0477. The van der Waals surface area contributed by atoms with Gasteiger partial charge in [0, 0.05) is 0 Å². The maximum Gasteiger partial charge on any atom is 0.426 e. The molecule has 0 aromatic rings. The molecule has 4 saturated carbocycles. The molecule has 4 rings (SSSR count). The lowest BCUT2D eigenvalue weighted by atomic mass is 9.48. The van der Waals surface area contributed by atoms with Crippen molar-refractivity contribution in [3.8, 4) is 0 Å². The van der Waals surface area contributed by atoms with E-state index in [0.29, 0.717) is 25.9 Å². The summed E-state index contributed by atoms with van der Waals surface area (Å²) in [5, 5.41) is 0. The minimum atomic E-state index is -5.09. The monoisotopic (exact) mass is 456 g/mol. The van der Waals surface area contributed by atoms with Crippen molar-refractivity contribution in [3.05, 3.63) is 0 Å². The summed E-state index contributed by atoms with van der Waals surface area (Å²) in [6.45, 7) is 6.73. The molecular weight excluding hydrogens is 425 g/mol. The Labute approximate surface area is 175 Å². The van der Waals surface area contributed by atoms with Crippen LogP contribution in [0.2, 0.25) is 0 Å². The van der Waals surface area contributed by atoms with Crippen molar-refractivity contribution in [2.75, 3.05) is 12.4 Å².